The molecule has 126 valence electrons. The lowest BCUT2D eigenvalue weighted by molar-refractivity contribution is -0.139. The highest BCUT2D eigenvalue weighted by Gasteiger charge is 2.31. The summed E-state index contributed by atoms with van der Waals surface area (Å²) in [7, 11) is -3.84. The van der Waals surface area contributed by atoms with E-state index in [-0.39, 0.29) is 17.4 Å². The molecule has 0 spiro atoms. The lowest BCUT2D eigenvalue weighted by atomic mass is 10.3. The van der Waals surface area contributed by atoms with Crippen LogP contribution in [-0.2, 0) is 19.6 Å². The van der Waals surface area contributed by atoms with Gasteiger partial charge in [0.25, 0.3) is 5.91 Å². The van der Waals surface area contributed by atoms with Crippen LogP contribution in [0.15, 0.2) is 52.2 Å². The van der Waals surface area contributed by atoms with Crippen LogP contribution in [0, 0.1) is 0 Å². The predicted molar refractivity (Wildman–Crippen MR) is 82.8 cm³/mol. The second-order valence-electron chi connectivity index (χ2n) is 5.12. The van der Waals surface area contributed by atoms with Gasteiger partial charge in [-0.3, -0.25) is 9.59 Å². The molecule has 1 saturated heterocycles. The van der Waals surface area contributed by atoms with E-state index in [4.69, 9.17) is 9.15 Å². The highest BCUT2D eigenvalue weighted by molar-refractivity contribution is 7.89. The first kappa shape index (κ1) is 16.2. The molecule has 2 heterocycles. The molecule has 0 saturated carbocycles. The Labute approximate surface area is 137 Å². The number of benzene rings is 1. The van der Waals surface area contributed by atoms with Crippen molar-refractivity contribution in [3.05, 3.63) is 48.4 Å². The van der Waals surface area contributed by atoms with E-state index >= 15 is 0 Å². The maximum Gasteiger partial charge on any atom is 0.324 e. The summed E-state index contributed by atoms with van der Waals surface area (Å²) >= 11 is 0. The van der Waals surface area contributed by atoms with E-state index in [1.54, 1.807) is 0 Å². The van der Waals surface area contributed by atoms with Crippen molar-refractivity contribution in [3.8, 4) is 0 Å². The summed E-state index contributed by atoms with van der Waals surface area (Å²) in [4.78, 5) is 23.2. The zero-order valence-corrected chi connectivity index (χ0v) is 13.2. The minimum atomic E-state index is -3.84. The fraction of sp³-hybridized carbons (Fsp3) is 0.200. The van der Waals surface area contributed by atoms with Gasteiger partial charge in [-0.15, -0.1) is 0 Å². The summed E-state index contributed by atoms with van der Waals surface area (Å²) in [5.41, 5.74) is 0.786. The van der Waals surface area contributed by atoms with Gasteiger partial charge >= 0.3 is 5.97 Å². The third-order valence-corrected chi connectivity index (χ3v) is 4.93. The number of nitrogens with one attached hydrogen (secondary N) is 2. The second kappa shape index (κ2) is 6.46. The molecular formula is C15H14N2O6S. The van der Waals surface area contributed by atoms with Gasteiger partial charge in [-0.1, -0.05) is 0 Å². The minimum absolute atomic E-state index is 0.0106. The summed E-state index contributed by atoms with van der Waals surface area (Å²) in [6.07, 6.45) is 2.99. The zero-order valence-electron chi connectivity index (χ0n) is 12.4. The molecule has 0 bridgehead atoms. The monoisotopic (exact) mass is 350 g/mol. The van der Waals surface area contributed by atoms with Gasteiger partial charge in [0.2, 0.25) is 10.0 Å². The first-order valence-electron chi connectivity index (χ1n) is 7.08. The highest BCUT2D eigenvalue weighted by atomic mass is 32.2. The molecule has 8 nitrogen and oxygen atoms in total. The van der Waals surface area contributed by atoms with Crippen LogP contribution in [-0.4, -0.2) is 32.9 Å². The molecule has 1 aliphatic heterocycles. The number of hydrogen-bond acceptors (Lipinski definition) is 6. The number of ether oxygens (including phenoxy) is 1. The van der Waals surface area contributed by atoms with Crippen molar-refractivity contribution >= 4 is 27.6 Å². The van der Waals surface area contributed by atoms with Crippen molar-refractivity contribution in [1.82, 2.24) is 4.72 Å². The largest absolute Gasteiger partial charge is 0.472 e. The Kier molecular flexibility index (Phi) is 4.36. The number of rotatable bonds is 5. The summed E-state index contributed by atoms with van der Waals surface area (Å²) in [6, 6.07) is 6.24. The maximum atomic E-state index is 12.2. The van der Waals surface area contributed by atoms with Crippen molar-refractivity contribution in [2.24, 2.45) is 0 Å². The molecule has 1 aromatic carbocycles. The highest BCUT2D eigenvalue weighted by Crippen LogP contribution is 2.17. The van der Waals surface area contributed by atoms with E-state index in [0.29, 0.717) is 17.7 Å². The summed E-state index contributed by atoms with van der Waals surface area (Å²) in [5, 5.41) is 2.61. The molecule has 0 unspecified atom stereocenters. The summed E-state index contributed by atoms with van der Waals surface area (Å²) < 4.78 is 36.3. The van der Waals surface area contributed by atoms with Gasteiger partial charge in [0, 0.05) is 12.1 Å². The molecular weight excluding hydrogens is 336 g/mol. The van der Waals surface area contributed by atoms with E-state index in [1.807, 2.05) is 0 Å². The predicted octanol–water partition coefficient (Wildman–Crippen LogP) is 1.13. The fourth-order valence-electron chi connectivity index (χ4n) is 2.17. The molecule has 1 atom stereocenters. The van der Waals surface area contributed by atoms with Crippen LogP contribution in [0.1, 0.15) is 16.8 Å². The molecule has 0 aliphatic carbocycles. The van der Waals surface area contributed by atoms with Gasteiger partial charge in [0.05, 0.1) is 23.3 Å². The van der Waals surface area contributed by atoms with Gasteiger partial charge in [-0.2, -0.15) is 4.72 Å². The van der Waals surface area contributed by atoms with Gasteiger partial charge < -0.3 is 14.5 Å². The van der Waals surface area contributed by atoms with Crippen molar-refractivity contribution < 1.29 is 27.2 Å². The Bertz CT molecular complexity index is 843. The average Bonchev–Trinajstić information content (AvgIpc) is 3.20. The van der Waals surface area contributed by atoms with E-state index in [2.05, 4.69) is 10.0 Å². The molecule has 0 radical (unpaired) electrons. The number of anilines is 1. The first-order valence-corrected chi connectivity index (χ1v) is 8.56. The van der Waals surface area contributed by atoms with Crippen LogP contribution >= 0.6 is 0 Å². The lowest BCUT2D eigenvalue weighted by Gasteiger charge is -2.10. The van der Waals surface area contributed by atoms with Crippen molar-refractivity contribution in [1.29, 1.82) is 0 Å². The number of carbonyl (C=O) groups is 2. The Hall–Kier alpha value is -2.65. The smallest absolute Gasteiger partial charge is 0.324 e. The van der Waals surface area contributed by atoms with Gasteiger partial charge in [0.15, 0.2) is 0 Å². The fourth-order valence-corrected chi connectivity index (χ4v) is 3.39. The SMILES string of the molecule is O=C(Nc1ccc(S(=O)(=O)N[C@H]2CCOC2=O)cc1)c1ccoc1. The molecule has 2 N–H and O–H groups in total. The molecule has 24 heavy (non-hydrogen) atoms. The molecule has 3 rings (SSSR count). The van der Waals surface area contributed by atoms with E-state index in [0.717, 1.165) is 0 Å². The number of hydrogen-bond donors (Lipinski definition) is 2. The lowest BCUT2D eigenvalue weighted by Crippen LogP contribution is -2.37. The van der Waals surface area contributed by atoms with Crippen molar-refractivity contribution in [2.75, 3.05) is 11.9 Å². The van der Waals surface area contributed by atoms with E-state index < -0.39 is 22.0 Å². The number of esters is 1. The molecule has 9 heteroatoms. The van der Waals surface area contributed by atoms with Crippen LogP contribution in [0.2, 0.25) is 0 Å². The number of amides is 1. The molecule has 1 amide bonds. The summed E-state index contributed by atoms with van der Waals surface area (Å²) in [5.74, 6) is -0.950. The third kappa shape index (κ3) is 3.47. The Morgan fingerprint density at radius 2 is 1.92 bits per heavy atom. The quantitative estimate of drug-likeness (QED) is 0.781. The van der Waals surface area contributed by atoms with Crippen molar-refractivity contribution in [2.45, 2.75) is 17.4 Å². The van der Waals surface area contributed by atoms with Crippen LogP contribution in [0.25, 0.3) is 0 Å². The molecule has 1 aliphatic rings. The third-order valence-electron chi connectivity index (χ3n) is 3.44. The van der Waals surface area contributed by atoms with E-state index in [1.165, 1.54) is 42.9 Å². The van der Waals surface area contributed by atoms with E-state index in [9.17, 15) is 18.0 Å². The number of sulfonamides is 1. The van der Waals surface area contributed by atoms with Gasteiger partial charge in [0.1, 0.15) is 12.3 Å². The Morgan fingerprint density at radius 3 is 2.50 bits per heavy atom. The van der Waals surface area contributed by atoms with Gasteiger partial charge in [-0.25, -0.2) is 8.42 Å². The number of furan rings is 1. The number of cyclic esters (lactones) is 1. The van der Waals surface area contributed by atoms with Gasteiger partial charge in [-0.05, 0) is 30.3 Å². The molecule has 2 aromatic rings. The molecule has 1 aromatic heterocycles. The van der Waals surface area contributed by atoms with Crippen LogP contribution in [0.4, 0.5) is 5.69 Å². The topological polar surface area (TPSA) is 115 Å². The normalized spacial score (nSPS) is 17.5. The number of carbonyl (C=O) groups excluding carboxylic acids is 2. The Morgan fingerprint density at radius 1 is 1.17 bits per heavy atom. The average molecular weight is 350 g/mol. The first-order chi connectivity index (χ1) is 11.5. The van der Waals surface area contributed by atoms with Crippen molar-refractivity contribution in [3.63, 3.8) is 0 Å². The van der Waals surface area contributed by atoms with Crippen LogP contribution < -0.4 is 10.0 Å². The standard InChI is InChI=1S/C15H14N2O6S/c18-14(10-5-7-22-9-10)16-11-1-3-12(4-2-11)24(20,21)17-13-6-8-23-15(13)19/h1-5,7,9,13,17H,6,8H2,(H,16,18)/t13-/m0/s1. The van der Waals surface area contributed by atoms with Crippen LogP contribution in [0.5, 0.6) is 0 Å². The zero-order chi connectivity index (χ0) is 17.2. The van der Waals surface area contributed by atoms with Crippen LogP contribution in [0.3, 0.4) is 0 Å². The molecule has 1 fully saturated rings. The minimum Gasteiger partial charge on any atom is -0.472 e. The second-order valence-corrected chi connectivity index (χ2v) is 6.83. The summed E-state index contributed by atoms with van der Waals surface area (Å²) in [6.45, 7) is 0.199. The Balaban J connectivity index is 1.69. The maximum absolute atomic E-state index is 12.2.